The van der Waals surface area contributed by atoms with Gasteiger partial charge in [0.1, 0.15) is 28.4 Å². The number of hydrogen-bond acceptors (Lipinski definition) is 17. The van der Waals surface area contributed by atoms with Crippen LogP contribution in [0.1, 0.15) is 107 Å². The lowest BCUT2D eigenvalue weighted by Gasteiger charge is -2.43. The second kappa shape index (κ2) is 29.8. The van der Waals surface area contributed by atoms with Gasteiger partial charge >= 0.3 is 0 Å². The normalized spacial score (nSPS) is 18.7. The summed E-state index contributed by atoms with van der Waals surface area (Å²) >= 11 is 12.1. The molecule has 3 fully saturated rings. The van der Waals surface area contributed by atoms with Gasteiger partial charge in [-0.05, 0) is 230 Å². The Bertz CT molecular complexity index is 4640. The highest BCUT2D eigenvalue weighted by Crippen LogP contribution is 2.54. The monoisotopic (exact) mass is 1500 g/mol. The largest absolute Gasteiger partial charge is 0.383 e. The van der Waals surface area contributed by atoms with Crippen LogP contribution in [0.3, 0.4) is 0 Å². The highest BCUT2D eigenvalue weighted by atomic mass is 127. The number of hydrogen-bond donors (Lipinski definition) is 4. The Hall–Kier alpha value is -7.93. The fraction of sp³-hybridized carbons (Fsp3) is 0.357. The minimum atomic E-state index is -0.0955. The molecular formula is C70H76B2BrClIN16O4S-. The first-order valence-corrected chi connectivity index (χ1v) is 34.2. The third-order valence-electron chi connectivity index (χ3n) is 20.4. The summed E-state index contributed by atoms with van der Waals surface area (Å²) in [4.78, 5) is 63.7. The summed E-state index contributed by atoms with van der Waals surface area (Å²) in [6.07, 6.45) is 10.3. The molecule has 0 unspecified atom stereocenters. The molecular weight excluding hydrogens is 1420 g/mol. The standard InChI is InChI=1S/C24H24BrN7OS.C20H21IN4O.C20H22N4O.C6H6ClNO.B2H3/c1-31-19(5-4-18(22(31)33)34-23-29-13-17(25)21(28)30-23)32-8-6-24(7-9-32)11-15-3-2-14(12-26)10-16(15)20(24)27;1-24-17(5-4-16(21)19(24)26)25-8-6-20(7-9-25)11-14-3-2-13(12-22)10-15(14)18(20)23;1-23-17(3-2-4-18(23)25)24-9-7-20(8-10-24)12-15-6-5-14(13-21)11-16(15)19(20)22;1-8-5(7)3-2-4-6(8)9;1-2/h2-5,10,13,20H,6-9,11,27H2,1H3,(H2,28,29,30);2-5,10,18H,6-9,11,23H2,1H3;2-6,11,19H,7-10,12,22H2,1H3;2-4H,1H3;1H3/q;;;;-1/t20-;18-;19-;;/m111../s1. The summed E-state index contributed by atoms with van der Waals surface area (Å²) in [6, 6.07) is 42.2. The Kier molecular flexibility index (Phi) is 22.0. The Morgan fingerprint density at radius 2 is 0.948 bits per heavy atom. The van der Waals surface area contributed by atoms with Gasteiger partial charge in [-0.2, -0.15) is 23.5 Å². The number of pyridine rings is 4. The van der Waals surface area contributed by atoms with Gasteiger partial charge in [0.2, 0.25) is 0 Å². The van der Waals surface area contributed by atoms with E-state index in [0.717, 1.165) is 135 Å². The summed E-state index contributed by atoms with van der Waals surface area (Å²) in [7, 11) is 12.1. The zero-order chi connectivity index (χ0) is 69.0. The summed E-state index contributed by atoms with van der Waals surface area (Å²) in [5, 5.41) is 28.4. The molecule has 6 aliphatic rings. The van der Waals surface area contributed by atoms with E-state index in [9.17, 15) is 24.4 Å². The van der Waals surface area contributed by atoms with E-state index >= 15 is 0 Å². The van der Waals surface area contributed by atoms with E-state index in [1.807, 2.05) is 86.9 Å². The van der Waals surface area contributed by atoms with Gasteiger partial charge in [0.15, 0.2) is 5.16 Å². The molecule has 3 aliphatic carbocycles. The number of nitrogen functional groups attached to an aromatic ring is 1. The molecule has 3 aliphatic heterocycles. The van der Waals surface area contributed by atoms with Crippen molar-refractivity contribution >= 4 is 101 Å². The van der Waals surface area contributed by atoms with Crippen LogP contribution >= 0.6 is 61.9 Å². The van der Waals surface area contributed by atoms with Crippen LogP contribution in [0, 0.1) is 53.8 Å². The average Bonchev–Trinajstić information content (AvgIpc) is 1.60. The molecule has 26 heteroatoms. The zero-order valence-electron chi connectivity index (χ0n) is 53.3. The predicted octanol–water partition coefficient (Wildman–Crippen LogP) is 7.66. The number of piperidine rings is 3. The van der Waals surface area contributed by atoms with Crippen molar-refractivity contribution in [3.8, 4) is 18.2 Å². The van der Waals surface area contributed by atoms with Crippen LogP contribution < -0.4 is 59.9 Å². The van der Waals surface area contributed by atoms with Crippen molar-refractivity contribution in [3.05, 3.63) is 226 Å². The van der Waals surface area contributed by atoms with Crippen molar-refractivity contribution in [2.24, 2.45) is 61.6 Å². The van der Waals surface area contributed by atoms with E-state index < -0.39 is 0 Å². The maximum Gasteiger partial charge on any atom is 0.265 e. The Labute approximate surface area is 592 Å². The van der Waals surface area contributed by atoms with Crippen molar-refractivity contribution < 1.29 is 0 Å². The lowest BCUT2D eigenvalue weighted by Crippen LogP contribution is -2.45. The van der Waals surface area contributed by atoms with Gasteiger partial charge in [-0.25, -0.2) is 9.97 Å². The maximum atomic E-state index is 13.1. The van der Waals surface area contributed by atoms with Gasteiger partial charge in [0.05, 0.1) is 47.8 Å². The number of nitrogens with two attached hydrogens (primary N) is 4. The van der Waals surface area contributed by atoms with Crippen LogP contribution in [0.5, 0.6) is 0 Å². The molecule has 2 radical (unpaired) electrons. The van der Waals surface area contributed by atoms with E-state index in [-0.39, 0.29) is 64.3 Å². The third-order valence-corrected chi connectivity index (χ3v) is 23.1. The van der Waals surface area contributed by atoms with Crippen molar-refractivity contribution in [1.82, 2.24) is 28.2 Å². The molecule has 3 saturated heterocycles. The number of halogens is 3. The molecule has 0 saturated carbocycles. The molecule has 8 N–H and O–H groups in total. The molecule has 494 valence electrons. The number of rotatable bonds is 5. The summed E-state index contributed by atoms with van der Waals surface area (Å²) in [5.41, 5.74) is 35.1. The van der Waals surface area contributed by atoms with Crippen molar-refractivity contribution in [1.29, 1.82) is 15.8 Å². The third kappa shape index (κ3) is 14.3. The number of aromatic nitrogens is 6. The maximum absolute atomic E-state index is 13.1. The van der Waals surface area contributed by atoms with Gasteiger partial charge < -0.3 is 42.2 Å². The second-order valence-corrected chi connectivity index (χ2v) is 28.8. The van der Waals surface area contributed by atoms with Gasteiger partial charge in [-0.1, -0.05) is 49.7 Å². The molecule has 8 aromatic rings. The lowest BCUT2D eigenvalue weighted by atomic mass is 9.73. The van der Waals surface area contributed by atoms with Crippen molar-refractivity contribution in [2.45, 2.75) is 86.0 Å². The Morgan fingerprint density at radius 1 is 0.562 bits per heavy atom. The van der Waals surface area contributed by atoms with Gasteiger partial charge in [0.25, 0.3) is 22.2 Å². The summed E-state index contributed by atoms with van der Waals surface area (Å²) in [6.45, 7) is 5.20. The predicted molar refractivity (Wildman–Crippen MR) is 395 cm³/mol. The van der Waals surface area contributed by atoms with E-state index in [1.165, 1.54) is 39.1 Å². The molecule has 14 rings (SSSR count). The van der Waals surface area contributed by atoms with Crippen LogP contribution in [0.4, 0.5) is 23.3 Å². The SMILES string of the molecule is Cn1c(Cl)cccc1=O.Cn1c(N2CCC3(CC2)Cc2ccc(C#N)cc2[C@H]3N)ccc(I)c1=O.Cn1c(N2CCC3(CC2)Cc2ccc(C#N)cc2[C@H]3N)ccc(Sc2ncc(Br)c(N)n2)c1=O.Cn1c(N2CCC3(CC2)Cc2ccc(C#N)cc2[C@H]3N)cccc1=O.[B][BH3-]. The first kappa shape index (κ1) is 70.9. The Morgan fingerprint density at radius 3 is 1.34 bits per heavy atom. The van der Waals surface area contributed by atoms with E-state index in [0.29, 0.717) is 42.2 Å². The van der Waals surface area contributed by atoms with Crippen molar-refractivity contribution in [3.63, 3.8) is 0 Å². The molecule has 20 nitrogen and oxygen atoms in total. The number of anilines is 4. The molecule has 3 aromatic carbocycles. The number of nitriles is 3. The molecule has 3 spiro atoms. The van der Waals surface area contributed by atoms with Crippen LogP contribution in [0.25, 0.3) is 0 Å². The Balaban J connectivity index is 0.000000147. The van der Waals surface area contributed by atoms with Gasteiger partial charge in [-0.15, -0.1) is 0 Å². The van der Waals surface area contributed by atoms with Crippen LogP contribution in [-0.4, -0.2) is 83.0 Å². The van der Waals surface area contributed by atoms with Crippen LogP contribution in [0.2, 0.25) is 5.15 Å². The minimum Gasteiger partial charge on any atom is -0.383 e. The van der Waals surface area contributed by atoms with Gasteiger partial charge in [-0.3, -0.25) is 32.9 Å². The van der Waals surface area contributed by atoms with Gasteiger partial charge in [0, 0.05) is 104 Å². The number of nitrogens with zero attached hydrogens (tertiary/aromatic N) is 12. The fourth-order valence-electron chi connectivity index (χ4n) is 14.6. The fourth-order valence-corrected chi connectivity index (χ4v) is 16.3. The van der Waals surface area contributed by atoms with E-state index in [1.54, 1.807) is 52.2 Å². The lowest BCUT2D eigenvalue weighted by molar-refractivity contribution is 0.187. The van der Waals surface area contributed by atoms with E-state index in [2.05, 4.69) is 99.6 Å². The minimum absolute atomic E-state index is 0.000421. The molecule has 0 amide bonds. The number of benzene rings is 3. The second-order valence-electron chi connectivity index (χ2n) is 25.4. The first-order valence-electron chi connectivity index (χ1n) is 31.1. The highest BCUT2D eigenvalue weighted by Gasteiger charge is 2.49. The highest BCUT2D eigenvalue weighted by molar-refractivity contribution is 14.1. The van der Waals surface area contributed by atoms with Crippen molar-refractivity contribution in [2.75, 3.05) is 59.7 Å². The van der Waals surface area contributed by atoms with E-state index in [4.69, 9.17) is 52.8 Å². The molecule has 3 atom stereocenters. The average molecular weight is 1500 g/mol. The molecule has 5 aromatic heterocycles. The molecule has 8 heterocycles. The first-order chi connectivity index (χ1) is 46.0. The van der Waals surface area contributed by atoms with Crippen LogP contribution in [-0.2, 0) is 47.5 Å². The quantitative estimate of drug-likeness (QED) is 0.0556. The van der Waals surface area contributed by atoms with Crippen LogP contribution in [0.15, 0.2) is 155 Å². The molecule has 0 bridgehead atoms. The summed E-state index contributed by atoms with van der Waals surface area (Å²) < 4.78 is 7.87. The smallest absolute Gasteiger partial charge is 0.265 e. The number of fused-ring (bicyclic) bond motifs is 3. The topological polar surface area (TPSA) is 299 Å². The molecule has 96 heavy (non-hydrogen) atoms. The summed E-state index contributed by atoms with van der Waals surface area (Å²) in [5.74, 6) is 3.17. The zero-order valence-corrected chi connectivity index (χ0v) is 58.6.